The summed E-state index contributed by atoms with van der Waals surface area (Å²) in [6.45, 7) is 7.72. The quantitative estimate of drug-likeness (QED) is 0.748. The number of carbonyl (C=O) groups is 1. The van der Waals surface area contributed by atoms with E-state index in [0.29, 0.717) is 6.54 Å². The lowest BCUT2D eigenvalue weighted by Gasteiger charge is -2.21. The highest BCUT2D eigenvalue weighted by atomic mass is 16.5. The Morgan fingerprint density at radius 3 is 2.41 bits per heavy atom. The second-order valence-corrected chi connectivity index (χ2v) is 5.09. The van der Waals surface area contributed by atoms with Crippen molar-refractivity contribution < 1.29 is 9.53 Å². The number of methoxy groups -OCH3 is 1. The molecule has 1 aromatic heterocycles. The number of nitrogens with zero attached hydrogens (tertiary/aromatic N) is 2. The van der Waals surface area contributed by atoms with Crippen LogP contribution >= 0.6 is 0 Å². The van der Waals surface area contributed by atoms with Crippen molar-refractivity contribution in [1.29, 1.82) is 0 Å². The van der Waals surface area contributed by atoms with Gasteiger partial charge in [-0.3, -0.25) is 13.9 Å². The standard InChI is InChI=1S/C12H20N2O3/c1-9(2)14-7-6-13(11(14)16)8-12(3,4)10(15)17-5/h6-7,9H,8H2,1-5H3. The van der Waals surface area contributed by atoms with Crippen LogP contribution in [-0.4, -0.2) is 22.2 Å². The first-order chi connectivity index (χ1) is 7.79. The van der Waals surface area contributed by atoms with Gasteiger partial charge in [-0.25, -0.2) is 4.79 Å². The Labute approximate surface area is 101 Å². The average molecular weight is 240 g/mol. The molecule has 0 spiro atoms. The van der Waals surface area contributed by atoms with Crippen LogP contribution < -0.4 is 5.69 Å². The molecule has 0 aliphatic rings. The minimum Gasteiger partial charge on any atom is -0.469 e. The van der Waals surface area contributed by atoms with Crippen molar-refractivity contribution >= 4 is 5.97 Å². The van der Waals surface area contributed by atoms with Crippen molar-refractivity contribution in [2.45, 2.75) is 40.3 Å². The summed E-state index contributed by atoms with van der Waals surface area (Å²) in [4.78, 5) is 23.5. The SMILES string of the molecule is COC(=O)C(C)(C)Cn1ccn(C(C)C)c1=O. The van der Waals surface area contributed by atoms with Crippen LogP contribution in [0.3, 0.4) is 0 Å². The smallest absolute Gasteiger partial charge is 0.328 e. The topological polar surface area (TPSA) is 53.2 Å². The Morgan fingerprint density at radius 2 is 2.00 bits per heavy atom. The highest BCUT2D eigenvalue weighted by Gasteiger charge is 2.30. The van der Waals surface area contributed by atoms with Crippen LogP contribution in [0.25, 0.3) is 0 Å². The van der Waals surface area contributed by atoms with E-state index in [9.17, 15) is 9.59 Å². The monoisotopic (exact) mass is 240 g/mol. The first kappa shape index (κ1) is 13.5. The second kappa shape index (κ2) is 4.77. The molecule has 0 unspecified atom stereocenters. The van der Waals surface area contributed by atoms with E-state index < -0.39 is 5.41 Å². The summed E-state index contributed by atoms with van der Waals surface area (Å²) in [5.41, 5.74) is -0.807. The number of imidazole rings is 1. The summed E-state index contributed by atoms with van der Waals surface area (Å²) < 4.78 is 7.89. The third-order valence-corrected chi connectivity index (χ3v) is 2.73. The van der Waals surface area contributed by atoms with Gasteiger partial charge in [0.25, 0.3) is 0 Å². The summed E-state index contributed by atoms with van der Waals surface area (Å²) in [6, 6.07) is 0.116. The molecule has 5 nitrogen and oxygen atoms in total. The van der Waals surface area contributed by atoms with Gasteiger partial charge >= 0.3 is 11.7 Å². The van der Waals surface area contributed by atoms with Crippen molar-refractivity contribution in [3.63, 3.8) is 0 Å². The highest BCUT2D eigenvalue weighted by Crippen LogP contribution is 2.19. The normalized spacial score (nSPS) is 11.9. The van der Waals surface area contributed by atoms with Gasteiger partial charge in [0.05, 0.1) is 12.5 Å². The van der Waals surface area contributed by atoms with E-state index in [1.165, 1.54) is 11.7 Å². The lowest BCUT2D eigenvalue weighted by molar-refractivity contribution is -0.151. The van der Waals surface area contributed by atoms with E-state index in [2.05, 4.69) is 0 Å². The van der Waals surface area contributed by atoms with E-state index in [4.69, 9.17) is 4.74 Å². The Kier molecular flexibility index (Phi) is 3.80. The minimum atomic E-state index is -0.707. The van der Waals surface area contributed by atoms with Gasteiger partial charge in [-0.2, -0.15) is 0 Å². The maximum Gasteiger partial charge on any atom is 0.328 e. The van der Waals surface area contributed by atoms with Crippen molar-refractivity contribution in [3.05, 3.63) is 22.9 Å². The molecule has 5 heteroatoms. The van der Waals surface area contributed by atoms with Crippen LogP contribution in [0.2, 0.25) is 0 Å². The molecule has 0 saturated heterocycles. The molecule has 0 N–H and O–H groups in total. The fourth-order valence-corrected chi connectivity index (χ4v) is 1.71. The molecule has 0 saturated carbocycles. The summed E-state index contributed by atoms with van der Waals surface area (Å²) in [5.74, 6) is -0.318. The second-order valence-electron chi connectivity index (χ2n) is 5.09. The van der Waals surface area contributed by atoms with Gasteiger partial charge < -0.3 is 4.74 Å². The lowest BCUT2D eigenvalue weighted by atomic mass is 9.94. The Hall–Kier alpha value is -1.52. The maximum absolute atomic E-state index is 12.0. The molecule has 0 bridgehead atoms. The number of hydrogen-bond acceptors (Lipinski definition) is 3. The largest absolute Gasteiger partial charge is 0.469 e. The molecule has 17 heavy (non-hydrogen) atoms. The first-order valence-corrected chi connectivity index (χ1v) is 5.65. The zero-order valence-corrected chi connectivity index (χ0v) is 11.1. The van der Waals surface area contributed by atoms with Crippen LogP contribution in [0.5, 0.6) is 0 Å². The number of aromatic nitrogens is 2. The van der Waals surface area contributed by atoms with Gasteiger partial charge in [0.15, 0.2) is 0 Å². The molecule has 0 fully saturated rings. The molecular weight excluding hydrogens is 220 g/mol. The summed E-state index contributed by atoms with van der Waals surface area (Å²) in [6.07, 6.45) is 3.44. The molecule has 1 rings (SSSR count). The number of carbonyl (C=O) groups excluding carboxylic acids is 1. The molecule has 0 atom stereocenters. The number of rotatable bonds is 4. The van der Waals surface area contributed by atoms with Crippen molar-refractivity contribution in [1.82, 2.24) is 9.13 Å². The number of hydrogen-bond donors (Lipinski definition) is 0. The summed E-state index contributed by atoms with van der Waals surface area (Å²) in [5, 5.41) is 0. The Balaban J connectivity index is 2.97. The zero-order chi connectivity index (χ0) is 13.2. The van der Waals surface area contributed by atoms with E-state index in [1.807, 2.05) is 13.8 Å². The molecule has 0 radical (unpaired) electrons. The van der Waals surface area contributed by atoms with Crippen LogP contribution in [0, 0.1) is 5.41 Å². The molecule has 0 aliphatic carbocycles. The van der Waals surface area contributed by atoms with Gasteiger partial charge in [-0.15, -0.1) is 0 Å². The van der Waals surface area contributed by atoms with Crippen molar-refractivity contribution in [2.75, 3.05) is 7.11 Å². The predicted octanol–water partition coefficient (Wildman–Crippen LogP) is 1.43. The maximum atomic E-state index is 12.0. The molecule has 1 heterocycles. The highest BCUT2D eigenvalue weighted by molar-refractivity contribution is 5.75. The van der Waals surface area contributed by atoms with Gasteiger partial charge in [-0.1, -0.05) is 0 Å². The molecule has 0 amide bonds. The van der Waals surface area contributed by atoms with E-state index in [-0.39, 0.29) is 17.7 Å². The van der Waals surface area contributed by atoms with Crippen LogP contribution in [0.1, 0.15) is 33.7 Å². The van der Waals surface area contributed by atoms with Crippen molar-refractivity contribution in [3.8, 4) is 0 Å². The van der Waals surface area contributed by atoms with Crippen LogP contribution in [0.4, 0.5) is 0 Å². The third-order valence-electron chi connectivity index (χ3n) is 2.73. The summed E-state index contributed by atoms with van der Waals surface area (Å²) in [7, 11) is 1.35. The van der Waals surface area contributed by atoms with Gasteiger partial charge in [0, 0.05) is 25.0 Å². The van der Waals surface area contributed by atoms with Gasteiger partial charge in [0.2, 0.25) is 0 Å². The molecular formula is C12H20N2O3. The fourth-order valence-electron chi connectivity index (χ4n) is 1.71. The average Bonchev–Trinajstić information content (AvgIpc) is 2.58. The van der Waals surface area contributed by atoms with E-state index >= 15 is 0 Å². The molecule has 96 valence electrons. The first-order valence-electron chi connectivity index (χ1n) is 5.65. The van der Waals surface area contributed by atoms with Gasteiger partial charge in [0.1, 0.15) is 0 Å². The number of esters is 1. The lowest BCUT2D eigenvalue weighted by Crippen LogP contribution is -2.35. The number of ether oxygens (including phenoxy) is 1. The molecule has 1 aromatic rings. The predicted molar refractivity (Wildman–Crippen MR) is 64.9 cm³/mol. The van der Waals surface area contributed by atoms with Crippen LogP contribution in [0.15, 0.2) is 17.2 Å². The van der Waals surface area contributed by atoms with Crippen molar-refractivity contribution in [2.24, 2.45) is 5.41 Å². The van der Waals surface area contributed by atoms with E-state index in [0.717, 1.165) is 0 Å². The van der Waals surface area contributed by atoms with Gasteiger partial charge in [-0.05, 0) is 27.7 Å². The summed E-state index contributed by atoms with van der Waals surface area (Å²) >= 11 is 0. The molecule has 0 aliphatic heterocycles. The molecule has 0 aromatic carbocycles. The van der Waals surface area contributed by atoms with E-state index in [1.54, 1.807) is 30.8 Å². The Bertz CT molecular complexity index is 455. The Morgan fingerprint density at radius 1 is 1.41 bits per heavy atom. The fraction of sp³-hybridized carbons (Fsp3) is 0.667. The zero-order valence-electron chi connectivity index (χ0n) is 11.1. The minimum absolute atomic E-state index is 0.100. The third kappa shape index (κ3) is 2.78. The van der Waals surface area contributed by atoms with Crippen LogP contribution in [-0.2, 0) is 16.1 Å².